The summed E-state index contributed by atoms with van der Waals surface area (Å²) in [6.07, 6.45) is 0. The van der Waals surface area contributed by atoms with Crippen molar-refractivity contribution in [1.29, 1.82) is 0 Å². The van der Waals surface area contributed by atoms with Gasteiger partial charge < -0.3 is 9.72 Å². The van der Waals surface area contributed by atoms with Gasteiger partial charge in [-0.15, -0.1) is 10.2 Å². The summed E-state index contributed by atoms with van der Waals surface area (Å²) in [5.74, 6) is 0.168. The number of carbonyl (C=O) groups is 1. The molecule has 0 atom stereocenters. The Balaban J connectivity index is 1.70. The van der Waals surface area contributed by atoms with Crippen LogP contribution < -0.4 is 10.3 Å². The summed E-state index contributed by atoms with van der Waals surface area (Å²) >= 11 is 0. The van der Waals surface area contributed by atoms with Crippen LogP contribution in [0.4, 0.5) is 5.69 Å². The number of aromatic amines is 1. The fourth-order valence-corrected chi connectivity index (χ4v) is 3.56. The van der Waals surface area contributed by atoms with Gasteiger partial charge in [0.05, 0.1) is 23.5 Å². The normalized spacial score (nSPS) is 11.6. The first-order valence-electron chi connectivity index (χ1n) is 9.31. The van der Waals surface area contributed by atoms with Crippen molar-refractivity contribution >= 4 is 39.0 Å². The molecule has 0 saturated heterocycles. The van der Waals surface area contributed by atoms with Crippen LogP contribution in [-0.4, -0.2) is 22.4 Å². The molecule has 5 rings (SSSR count). The average molecular weight is 396 g/mol. The lowest BCUT2D eigenvalue weighted by Gasteiger charge is -2.01. The molecule has 2 aromatic heterocycles. The summed E-state index contributed by atoms with van der Waals surface area (Å²) in [4.78, 5) is 28.9. The van der Waals surface area contributed by atoms with Crippen LogP contribution in [0.2, 0.25) is 0 Å². The molecule has 2 heterocycles. The monoisotopic (exact) mass is 396 g/mol. The Kier molecular flexibility index (Phi) is 4.14. The van der Waals surface area contributed by atoms with Crippen LogP contribution in [0.3, 0.4) is 0 Å². The van der Waals surface area contributed by atoms with Crippen molar-refractivity contribution in [2.45, 2.75) is 0 Å². The summed E-state index contributed by atoms with van der Waals surface area (Å²) in [5, 5.41) is 9.46. The topological polar surface area (TPSA) is 88.3 Å². The Morgan fingerprint density at radius 1 is 0.933 bits per heavy atom. The largest absolute Gasteiger partial charge is 0.497 e. The quantitative estimate of drug-likeness (QED) is 0.442. The smallest absolute Gasteiger partial charge is 0.295 e. The number of fused-ring (bicyclic) bond motifs is 4. The van der Waals surface area contributed by atoms with E-state index >= 15 is 0 Å². The minimum atomic E-state index is -0.482. The van der Waals surface area contributed by atoms with Crippen LogP contribution in [0, 0.1) is 0 Å². The number of rotatable bonds is 3. The molecule has 0 saturated carbocycles. The van der Waals surface area contributed by atoms with Crippen LogP contribution in [0.1, 0.15) is 10.4 Å². The van der Waals surface area contributed by atoms with Gasteiger partial charge >= 0.3 is 0 Å². The van der Waals surface area contributed by atoms with Gasteiger partial charge in [-0.25, -0.2) is 0 Å². The molecule has 1 N–H and O–H groups in total. The zero-order valence-electron chi connectivity index (χ0n) is 16.0. The number of nitrogens with zero attached hydrogens (tertiary/aromatic N) is 3. The summed E-state index contributed by atoms with van der Waals surface area (Å²) in [7, 11) is 1.56. The molecule has 3 aromatic carbocycles. The van der Waals surface area contributed by atoms with Gasteiger partial charge in [0.1, 0.15) is 17.1 Å². The van der Waals surface area contributed by atoms with Gasteiger partial charge in [-0.1, -0.05) is 30.3 Å². The molecule has 146 valence electrons. The Bertz CT molecular complexity index is 1510. The molecule has 5 aromatic rings. The highest BCUT2D eigenvalue weighted by atomic mass is 16.5. The van der Waals surface area contributed by atoms with E-state index in [1.807, 2.05) is 42.5 Å². The maximum absolute atomic E-state index is 13.1. The second kappa shape index (κ2) is 6.97. The average Bonchev–Trinajstić information content (AvgIpc) is 3.11. The Morgan fingerprint density at radius 3 is 2.40 bits per heavy atom. The molecule has 7 nitrogen and oxygen atoms in total. The Morgan fingerprint density at radius 2 is 1.63 bits per heavy atom. The number of H-pyrrole nitrogens is 1. The van der Waals surface area contributed by atoms with Gasteiger partial charge in [-0.2, -0.15) is 0 Å². The second-order valence-corrected chi connectivity index (χ2v) is 6.76. The van der Waals surface area contributed by atoms with E-state index in [1.165, 1.54) is 0 Å². The van der Waals surface area contributed by atoms with E-state index in [2.05, 4.69) is 15.2 Å². The van der Waals surface area contributed by atoms with Crippen molar-refractivity contribution in [2.24, 2.45) is 10.2 Å². The Labute approximate surface area is 170 Å². The van der Waals surface area contributed by atoms with E-state index in [4.69, 9.17) is 4.74 Å². The molecule has 7 heteroatoms. The number of aromatic nitrogens is 2. The van der Waals surface area contributed by atoms with E-state index in [9.17, 15) is 9.59 Å². The number of nitrogens with one attached hydrogen (secondary N) is 1. The third-order valence-electron chi connectivity index (χ3n) is 5.04. The highest BCUT2D eigenvalue weighted by Crippen LogP contribution is 2.33. The van der Waals surface area contributed by atoms with Crippen molar-refractivity contribution in [3.63, 3.8) is 0 Å². The van der Waals surface area contributed by atoms with Crippen LogP contribution >= 0.6 is 0 Å². The number of benzene rings is 3. The Hall–Kier alpha value is -4.26. The van der Waals surface area contributed by atoms with Gasteiger partial charge in [0.15, 0.2) is 0 Å². The number of carbonyl (C=O) groups excluding carboxylic acids is 1. The van der Waals surface area contributed by atoms with Crippen molar-refractivity contribution in [1.82, 2.24) is 9.38 Å². The number of amides is 1. The van der Waals surface area contributed by atoms with Crippen LogP contribution in [0.25, 0.3) is 27.5 Å². The van der Waals surface area contributed by atoms with E-state index in [0.29, 0.717) is 39.1 Å². The molecule has 0 bridgehead atoms. The molecule has 0 aliphatic carbocycles. The second-order valence-electron chi connectivity index (χ2n) is 6.76. The molecule has 0 radical (unpaired) electrons. The maximum atomic E-state index is 13.1. The van der Waals surface area contributed by atoms with Gasteiger partial charge in [0.2, 0.25) is 0 Å². The molecule has 0 fully saturated rings. The highest BCUT2D eigenvalue weighted by molar-refractivity contribution is 6.02. The lowest BCUT2D eigenvalue weighted by molar-refractivity contribution is 0.0995. The molecule has 0 spiro atoms. The zero-order valence-corrected chi connectivity index (χ0v) is 16.0. The predicted molar refractivity (Wildman–Crippen MR) is 115 cm³/mol. The molecule has 0 aliphatic rings. The minimum absolute atomic E-state index is 0.154. The number of hydrogen-bond donors (Lipinski definition) is 1. The predicted octanol–water partition coefficient (Wildman–Crippen LogP) is 4.87. The number of hydrogen-bond acceptors (Lipinski definition) is 4. The van der Waals surface area contributed by atoms with Crippen molar-refractivity contribution < 1.29 is 9.53 Å². The third kappa shape index (κ3) is 2.76. The van der Waals surface area contributed by atoms with Crippen molar-refractivity contribution in [2.75, 3.05) is 7.11 Å². The summed E-state index contributed by atoms with van der Waals surface area (Å²) in [6, 6.07) is 21.3. The van der Waals surface area contributed by atoms with Gasteiger partial charge in [0, 0.05) is 10.9 Å². The van der Waals surface area contributed by atoms with E-state index in [0.717, 1.165) is 5.39 Å². The minimum Gasteiger partial charge on any atom is -0.497 e. The molecule has 30 heavy (non-hydrogen) atoms. The van der Waals surface area contributed by atoms with Gasteiger partial charge in [-0.3, -0.25) is 14.0 Å². The first-order valence-corrected chi connectivity index (χ1v) is 9.31. The van der Waals surface area contributed by atoms with Crippen LogP contribution in [0.15, 0.2) is 87.8 Å². The molecular weight excluding hydrogens is 380 g/mol. The lowest BCUT2D eigenvalue weighted by Crippen LogP contribution is -2.13. The van der Waals surface area contributed by atoms with E-state index in [-0.39, 0.29) is 5.56 Å². The molecule has 1 amide bonds. The van der Waals surface area contributed by atoms with Gasteiger partial charge in [-0.05, 0) is 42.5 Å². The SMILES string of the molecule is COc1ccc(C(=O)N=Nc2c3ccccc3n3c(=O)c4ccccc4[nH]c23)cc1. The van der Waals surface area contributed by atoms with E-state index < -0.39 is 5.91 Å². The molecule has 0 unspecified atom stereocenters. The number of methoxy groups -OCH3 is 1. The first-order chi connectivity index (χ1) is 14.7. The number of ether oxygens (including phenoxy) is 1. The maximum Gasteiger partial charge on any atom is 0.295 e. The molecular formula is C23H16N4O3. The summed E-state index contributed by atoms with van der Waals surface area (Å²) in [6.45, 7) is 0. The standard InChI is InChI=1S/C23H16N4O3/c1-30-15-12-10-14(11-13-15)22(28)26-25-20-17-7-3-5-9-19(17)27-21(20)24-18-8-4-2-6-16(18)23(27)29/h2-13,24H,1H3. The summed E-state index contributed by atoms with van der Waals surface area (Å²) < 4.78 is 6.68. The fraction of sp³-hybridized carbons (Fsp3) is 0.0435. The van der Waals surface area contributed by atoms with Crippen LogP contribution in [0.5, 0.6) is 5.75 Å². The molecule has 0 aliphatic heterocycles. The number of azo groups is 1. The van der Waals surface area contributed by atoms with E-state index in [1.54, 1.807) is 41.8 Å². The zero-order chi connectivity index (χ0) is 20.7. The van der Waals surface area contributed by atoms with Crippen LogP contribution in [-0.2, 0) is 0 Å². The van der Waals surface area contributed by atoms with Crippen molar-refractivity contribution in [3.8, 4) is 5.75 Å². The van der Waals surface area contributed by atoms with Crippen molar-refractivity contribution in [3.05, 3.63) is 88.7 Å². The summed E-state index contributed by atoms with van der Waals surface area (Å²) in [5.41, 5.74) is 2.56. The third-order valence-corrected chi connectivity index (χ3v) is 5.04. The highest BCUT2D eigenvalue weighted by Gasteiger charge is 2.16. The first kappa shape index (κ1) is 17.8. The van der Waals surface area contributed by atoms with Gasteiger partial charge in [0.25, 0.3) is 11.5 Å². The number of para-hydroxylation sites is 2. The lowest BCUT2D eigenvalue weighted by atomic mass is 10.2. The fourth-order valence-electron chi connectivity index (χ4n) is 3.56.